The van der Waals surface area contributed by atoms with Gasteiger partial charge in [-0.05, 0) is 6.42 Å². The second-order valence-corrected chi connectivity index (χ2v) is 5.00. The lowest BCUT2D eigenvalue weighted by atomic mass is 10.1. The summed E-state index contributed by atoms with van der Waals surface area (Å²) in [5, 5.41) is 9.09. The third-order valence-electron chi connectivity index (χ3n) is 3.45. The van der Waals surface area contributed by atoms with E-state index in [4.69, 9.17) is 5.11 Å². The number of carbonyl (C=O) groups excluding carboxylic acids is 3. The Morgan fingerprint density at radius 3 is 2.58 bits per heavy atom. The van der Waals surface area contributed by atoms with E-state index in [0.717, 1.165) is 0 Å². The summed E-state index contributed by atoms with van der Waals surface area (Å²) in [5.74, 6) is -0.773. The van der Waals surface area contributed by atoms with Gasteiger partial charge in [0, 0.05) is 39.0 Å². The fraction of sp³-hybridized carbons (Fsp3) is 0.769. The summed E-state index contributed by atoms with van der Waals surface area (Å²) in [5.41, 5.74) is 0. The highest BCUT2D eigenvalue weighted by molar-refractivity contribution is 6.03. The van der Waals surface area contributed by atoms with Gasteiger partial charge >= 0.3 is 0 Å². The van der Waals surface area contributed by atoms with Gasteiger partial charge in [-0.1, -0.05) is 13.8 Å². The van der Waals surface area contributed by atoms with Gasteiger partial charge < -0.3 is 10.0 Å². The first-order valence-electron chi connectivity index (χ1n) is 6.63. The summed E-state index contributed by atoms with van der Waals surface area (Å²) in [6.07, 6.45) is 0.887. The van der Waals surface area contributed by atoms with Gasteiger partial charge in [-0.15, -0.1) is 0 Å². The van der Waals surface area contributed by atoms with Gasteiger partial charge in [0.15, 0.2) is 0 Å². The number of likely N-dealkylation sites (N-methyl/N-ethyl adjacent to an activating group) is 1. The molecule has 1 aliphatic rings. The topological polar surface area (TPSA) is 77.9 Å². The predicted octanol–water partition coefficient (Wildman–Crippen LogP) is 0.000800. The van der Waals surface area contributed by atoms with Crippen LogP contribution < -0.4 is 0 Å². The van der Waals surface area contributed by atoms with Crippen LogP contribution in [0.1, 0.15) is 33.1 Å². The minimum atomic E-state index is -0.435. The van der Waals surface area contributed by atoms with E-state index in [2.05, 4.69) is 0 Å². The molecule has 0 radical (unpaired) electrons. The lowest BCUT2D eigenvalue weighted by Gasteiger charge is -2.30. The molecule has 3 amide bonds. The van der Waals surface area contributed by atoms with Crippen LogP contribution in [0.15, 0.2) is 0 Å². The molecule has 0 bridgehead atoms. The van der Waals surface area contributed by atoms with Crippen molar-refractivity contribution >= 4 is 17.7 Å². The average molecular weight is 270 g/mol. The highest BCUT2D eigenvalue weighted by Crippen LogP contribution is 2.23. The molecule has 108 valence electrons. The van der Waals surface area contributed by atoms with E-state index in [0.29, 0.717) is 12.8 Å². The molecule has 0 saturated carbocycles. The summed E-state index contributed by atoms with van der Waals surface area (Å²) in [6.45, 7) is 3.63. The largest absolute Gasteiger partial charge is 0.396 e. The van der Waals surface area contributed by atoms with Crippen molar-refractivity contribution < 1.29 is 19.5 Å². The predicted molar refractivity (Wildman–Crippen MR) is 69.1 cm³/mol. The Morgan fingerprint density at radius 2 is 2.16 bits per heavy atom. The fourth-order valence-corrected chi connectivity index (χ4v) is 2.33. The van der Waals surface area contributed by atoms with E-state index in [1.54, 1.807) is 20.9 Å². The van der Waals surface area contributed by atoms with Crippen LogP contribution in [0.3, 0.4) is 0 Å². The van der Waals surface area contributed by atoms with Gasteiger partial charge in [0.1, 0.15) is 0 Å². The molecule has 1 heterocycles. The minimum Gasteiger partial charge on any atom is -0.396 e. The lowest BCUT2D eigenvalue weighted by molar-refractivity contribution is -0.144. The molecule has 1 saturated heterocycles. The number of rotatable bonds is 6. The zero-order chi connectivity index (χ0) is 14.6. The second-order valence-electron chi connectivity index (χ2n) is 5.00. The van der Waals surface area contributed by atoms with E-state index in [9.17, 15) is 14.4 Å². The van der Waals surface area contributed by atoms with E-state index in [1.165, 1.54) is 9.80 Å². The van der Waals surface area contributed by atoms with E-state index >= 15 is 0 Å². The van der Waals surface area contributed by atoms with E-state index in [1.807, 2.05) is 0 Å². The van der Waals surface area contributed by atoms with Crippen molar-refractivity contribution in [2.24, 2.45) is 5.92 Å². The van der Waals surface area contributed by atoms with Crippen LogP contribution in [0.2, 0.25) is 0 Å². The molecule has 2 atom stereocenters. The van der Waals surface area contributed by atoms with Gasteiger partial charge in [0.05, 0.1) is 6.04 Å². The summed E-state index contributed by atoms with van der Waals surface area (Å²) in [7, 11) is 1.64. The van der Waals surface area contributed by atoms with Gasteiger partial charge in [0.2, 0.25) is 17.7 Å². The maximum absolute atomic E-state index is 12.0. The Labute approximate surface area is 113 Å². The van der Waals surface area contributed by atoms with Gasteiger partial charge in [-0.25, -0.2) is 0 Å². The molecule has 0 aliphatic carbocycles. The Bertz CT molecular complexity index is 370. The number of hydrogen-bond acceptors (Lipinski definition) is 4. The minimum absolute atomic E-state index is 0.0462. The van der Waals surface area contributed by atoms with E-state index in [-0.39, 0.29) is 43.2 Å². The zero-order valence-electron chi connectivity index (χ0n) is 11.8. The van der Waals surface area contributed by atoms with Crippen molar-refractivity contribution in [1.82, 2.24) is 9.80 Å². The van der Waals surface area contributed by atoms with Crippen LogP contribution in [-0.2, 0) is 14.4 Å². The normalized spacial score (nSPS) is 20.8. The fourth-order valence-electron chi connectivity index (χ4n) is 2.33. The van der Waals surface area contributed by atoms with E-state index < -0.39 is 6.04 Å². The molecular weight excluding hydrogens is 248 g/mol. The molecule has 2 unspecified atom stereocenters. The third-order valence-corrected chi connectivity index (χ3v) is 3.45. The third kappa shape index (κ3) is 3.53. The van der Waals surface area contributed by atoms with Crippen LogP contribution in [0.25, 0.3) is 0 Å². The monoisotopic (exact) mass is 270 g/mol. The lowest BCUT2D eigenvalue weighted by Crippen LogP contribution is -2.47. The van der Waals surface area contributed by atoms with Gasteiger partial charge in [-0.3, -0.25) is 19.3 Å². The first kappa shape index (κ1) is 15.6. The van der Waals surface area contributed by atoms with Crippen LogP contribution in [0.5, 0.6) is 0 Å². The molecule has 1 fully saturated rings. The number of carbonyl (C=O) groups is 3. The number of nitrogens with zero attached hydrogens (tertiary/aromatic N) is 2. The van der Waals surface area contributed by atoms with Crippen molar-refractivity contribution in [2.45, 2.75) is 39.2 Å². The van der Waals surface area contributed by atoms with Crippen molar-refractivity contribution in [2.75, 3.05) is 20.2 Å². The van der Waals surface area contributed by atoms with Crippen LogP contribution >= 0.6 is 0 Å². The van der Waals surface area contributed by atoms with Crippen molar-refractivity contribution in [3.05, 3.63) is 0 Å². The molecule has 19 heavy (non-hydrogen) atoms. The van der Waals surface area contributed by atoms with Crippen LogP contribution in [0, 0.1) is 5.92 Å². The smallest absolute Gasteiger partial charge is 0.232 e. The first-order valence-corrected chi connectivity index (χ1v) is 6.63. The number of hydrogen-bond donors (Lipinski definition) is 1. The standard InChI is InChI=1S/C13H22N2O4/c1-4-11(17)14(3)8-10(5-6-16)15-12(18)7-9(2)13(15)19/h9-10,16H,4-8H2,1-3H3. The summed E-state index contributed by atoms with van der Waals surface area (Å²) < 4.78 is 0. The number of aliphatic hydroxyl groups is 1. The van der Waals surface area contributed by atoms with Crippen LogP contribution in [0.4, 0.5) is 0 Å². The molecule has 0 aromatic heterocycles. The van der Waals surface area contributed by atoms with Crippen LogP contribution in [-0.4, -0.2) is 58.9 Å². The average Bonchev–Trinajstić information content (AvgIpc) is 2.61. The Kier molecular flexibility index (Phi) is 5.47. The van der Waals surface area contributed by atoms with Crippen molar-refractivity contribution in [3.63, 3.8) is 0 Å². The molecule has 1 rings (SSSR count). The SMILES string of the molecule is CCC(=O)N(C)CC(CCO)N1C(=O)CC(C)C1=O. The first-order chi connectivity index (χ1) is 8.92. The molecular formula is C13H22N2O4. The summed E-state index contributed by atoms with van der Waals surface area (Å²) in [4.78, 5) is 38.1. The Hall–Kier alpha value is -1.43. The molecule has 6 heteroatoms. The number of likely N-dealkylation sites (tertiary alicyclic amines) is 1. The molecule has 6 nitrogen and oxygen atoms in total. The number of imide groups is 1. The van der Waals surface area contributed by atoms with Gasteiger partial charge in [-0.2, -0.15) is 0 Å². The molecule has 1 aliphatic heterocycles. The summed E-state index contributed by atoms with van der Waals surface area (Å²) in [6, 6.07) is -0.435. The highest BCUT2D eigenvalue weighted by Gasteiger charge is 2.40. The molecule has 0 spiro atoms. The quantitative estimate of drug-likeness (QED) is 0.689. The molecule has 0 aromatic carbocycles. The molecule has 0 aromatic rings. The highest BCUT2D eigenvalue weighted by atomic mass is 16.3. The summed E-state index contributed by atoms with van der Waals surface area (Å²) >= 11 is 0. The Balaban J connectivity index is 2.80. The van der Waals surface area contributed by atoms with Gasteiger partial charge in [0.25, 0.3) is 0 Å². The Morgan fingerprint density at radius 1 is 1.53 bits per heavy atom. The second kappa shape index (κ2) is 6.65. The maximum Gasteiger partial charge on any atom is 0.232 e. The molecule has 1 N–H and O–H groups in total. The zero-order valence-corrected chi connectivity index (χ0v) is 11.8. The number of amides is 3. The van der Waals surface area contributed by atoms with Crippen molar-refractivity contribution in [3.8, 4) is 0 Å². The maximum atomic E-state index is 12.0. The number of aliphatic hydroxyl groups excluding tert-OH is 1. The van der Waals surface area contributed by atoms with Crippen molar-refractivity contribution in [1.29, 1.82) is 0 Å².